The van der Waals surface area contributed by atoms with E-state index in [4.69, 9.17) is 0 Å². The zero-order valence-corrected chi connectivity index (χ0v) is 8.73. The molecule has 1 nitrogen and oxygen atoms in total. The van der Waals surface area contributed by atoms with Crippen LogP contribution < -0.4 is 5.32 Å². The summed E-state index contributed by atoms with van der Waals surface area (Å²) in [7, 11) is 1.78. The van der Waals surface area contributed by atoms with Gasteiger partial charge in [0.1, 0.15) is 0 Å². The molecule has 1 aromatic carbocycles. The van der Waals surface area contributed by atoms with Crippen molar-refractivity contribution in [3.05, 3.63) is 35.4 Å². The molecule has 0 aliphatic carbocycles. The molecule has 4 heteroatoms. The molecule has 1 aromatic rings. The summed E-state index contributed by atoms with van der Waals surface area (Å²) < 4.78 is 37.2. The van der Waals surface area contributed by atoms with Crippen LogP contribution in [0.4, 0.5) is 13.2 Å². The quantitative estimate of drug-likeness (QED) is 0.820. The Bertz CT molecular complexity index is 320. The number of alkyl halides is 3. The monoisotopic (exact) mass is 217 g/mol. The smallest absolute Gasteiger partial charge is 0.319 e. The topological polar surface area (TPSA) is 12.0 Å². The van der Waals surface area contributed by atoms with Crippen LogP contribution in [0.1, 0.15) is 24.0 Å². The van der Waals surface area contributed by atoms with Crippen molar-refractivity contribution >= 4 is 0 Å². The Hall–Kier alpha value is -1.03. The third-order valence-electron chi connectivity index (χ3n) is 2.29. The van der Waals surface area contributed by atoms with E-state index in [-0.39, 0.29) is 5.92 Å². The van der Waals surface area contributed by atoms with Crippen LogP contribution in [-0.4, -0.2) is 13.6 Å². The molecule has 0 saturated carbocycles. The number of nitrogens with one attached hydrogen (secondary N) is 1. The summed E-state index contributed by atoms with van der Waals surface area (Å²) in [6, 6.07) is 5.47. The van der Waals surface area contributed by atoms with Crippen molar-refractivity contribution in [1.29, 1.82) is 0 Å². The van der Waals surface area contributed by atoms with Gasteiger partial charge in [-0.15, -0.1) is 0 Å². The molecule has 0 fully saturated rings. The van der Waals surface area contributed by atoms with Crippen molar-refractivity contribution in [3.63, 3.8) is 0 Å². The zero-order valence-electron chi connectivity index (χ0n) is 8.73. The lowest BCUT2D eigenvalue weighted by molar-refractivity contribution is -0.137. The van der Waals surface area contributed by atoms with Crippen LogP contribution in [0.3, 0.4) is 0 Å². The highest BCUT2D eigenvalue weighted by Crippen LogP contribution is 2.30. The van der Waals surface area contributed by atoms with Gasteiger partial charge in [0.05, 0.1) is 5.56 Å². The van der Waals surface area contributed by atoms with E-state index in [1.165, 1.54) is 12.1 Å². The minimum absolute atomic E-state index is 0.0808. The van der Waals surface area contributed by atoms with Gasteiger partial charge in [-0.05, 0) is 24.6 Å². The minimum Gasteiger partial charge on any atom is -0.319 e. The van der Waals surface area contributed by atoms with Gasteiger partial charge in [0.15, 0.2) is 0 Å². The SMILES string of the molecule is CNCC(C)c1cccc(C(F)(F)F)c1. The molecule has 15 heavy (non-hydrogen) atoms. The van der Waals surface area contributed by atoms with Gasteiger partial charge < -0.3 is 5.32 Å². The van der Waals surface area contributed by atoms with Crippen molar-refractivity contribution in [1.82, 2.24) is 5.32 Å². The third kappa shape index (κ3) is 3.23. The Morgan fingerprint density at radius 2 is 2.00 bits per heavy atom. The molecule has 0 bridgehead atoms. The highest BCUT2D eigenvalue weighted by Gasteiger charge is 2.30. The summed E-state index contributed by atoms with van der Waals surface area (Å²) in [5, 5.41) is 2.94. The number of hydrogen-bond donors (Lipinski definition) is 1. The Balaban J connectivity index is 2.92. The predicted molar refractivity (Wildman–Crippen MR) is 53.8 cm³/mol. The van der Waals surface area contributed by atoms with Crippen molar-refractivity contribution in [2.45, 2.75) is 19.0 Å². The summed E-state index contributed by atoms with van der Waals surface area (Å²) in [6.45, 7) is 2.56. The first-order valence-electron chi connectivity index (χ1n) is 4.77. The molecule has 1 rings (SSSR count). The number of halogens is 3. The van der Waals surface area contributed by atoms with Crippen LogP contribution in [-0.2, 0) is 6.18 Å². The molecule has 0 aromatic heterocycles. The van der Waals surface area contributed by atoms with E-state index in [2.05, 4.69) is 5.32 Å². The molecule has 1 N–H and O–H groups in total. The van der Waals surface area contributed by atoms with E-state index in [9.17, 15) is 13.2 Å². The van der Waals surface area contributed by atoms with Gasteiger partial charge in [0.2, 0.25) is 0 Å². The lowest BCUT2D eigenvalue weighted by Gasteiger charge is -2.13. The van der Waals surface area contributed by atoms with Crippen LogP contribution in [0.2, 0.25) is 0 Å². The Kier molecular flexibility index (Phi) is 3.74. The maximum atomic E-state index is 12.4. The number of benzene rings is 1. The largest absolute Gasteiger partial charge is 0.416 e. The molecule has 0 amide bonds. The van der Waals surface area contributed by atoms with Gasteiger partial charge >= 0.3 is 6.18 Å². The van der Waals surface area contributed by atoms with Crippen LogP contribution >= 0.6 is 0 Å². The van der Waals surface area contributed by atoms with Gasteiger partial charge in [-0.2, -0.15) is 13.2 Å². The van der Waals surface area contributed by atoms with Gasteiger partial charge in [-0.3, -0.25) is 0 Å². The molecule has 1 unspecified atom stereocenters. The fourth-order valence-corrected chi connectivity index (χ4v) is 1.45. The molecule has 0 aliphatic rings. The number of likely N-dealkylation sites (N-methyl/N-ethyl adjacent to an activating group) is 1. The van der Waals surface area contributed by atoms with E-state index >= 15 is 0 Å². The molecule has 1 atom stereocenters. The van der Waals surface area contributed by atoms with Crippen molar-refractivity contribution in [2.75, 3.05) is 13.6 Å². The molecule has 0 radical (unpaired) electrons. The second kappa shape index (κ2) is 4.66. The lowest BCUT2D eigenvalue weighted by atomic mass is 9.99. The fourth-order valence-electron chi connectivity index (χ4n) is 1.45. The van der Waals surface area contributed by atoms with Gasteiger partial charge in [0, 0.05) is 6.54 Å². The third-order valence-corrected chi connectivity index (χ3v) is 2.29. The maximum absolute atomic E-state index is 12.4. The Labute approximate surface area is 87.3 Å². The molecule has 0 aliphatic heterocycles. The van der Waals surface area contributed by atoms with E-state index in [1.807, 2.05) is 6.92 Å². The molecular formula is C11H14F3N. The second-order valence-corrected chi connectivity index (χ2v) is 3.58. The number of hydrogen-bond acceptors (Lipinski definition) is 1. The molecule has 0 saturated heterocycles. The average molecular weight is 217 g/mol. The average Bonchev–Trinajstić information content (AvgIpc) is 2.17. The van der Waals surface area contributed by atoms with Crippen LogP contribution in [0.25, 0.3) is 0 Å². The molecule has 0 heterocycles. The minimum atomic E-state index is -4.25. The number of rotatable bonds is 3. The van der Waals surface area contributed by atoms with E-state index in [0.717, 1.165) is 6.07 Å². The molecular weight excluding hydrogens is 203 g/mol. The summed E-state index contributed by atoms with van der Waals surface area (Å²) >= 11 is 0. The van der Waals surface area contributed by atoms with E-state index in [1.54, 1.807) is 13.1 Å². The normalized spacial score (nSPS) is 13.9. The van der Waals surface area contributed by atoms with Crippen molar-refractivity contribution in [3.8, 4) is 0 Å². The Morgan fingerprint density at radius 1 is 1.33 bits per heavy atom. The molecule has 84 valence electrons. The summed E-state index contributed by atoms with van der Waals surface area (Å²) in [5.41, 5.74) is 0.127. The van der Waals surface area contributed by atoms with Gasteiger partial charge in [0.25, 0.3) is 0 Å². The van der Waals surface area contributed by atoms with Gasteiger partial charge in [-0.1, -0.05) is 25.1 Å². The van der Waals surface area contributed by atoms with Crippen molar-refractivity contribution in [2.24, 2.45) is 0 Å². The highest BCUT2D eigenvalue weighted by atomic mass is 19.4. The summed E-state index contributed by atoms with van der Waals surface area (Å²) in [6.07, 6.45) is -4.25. The lowest BCUT2D eigenvalue weighted by Crippen LogP contribution is -2.15. The van der Waals surface area contributed by atoms with Crippen molar-refractivity contribution < 1.29 is 13.2 Å². The second-order valence-electron chi connectivity index (χ2n) is 3.58. The van der Waals surface area contributed by atoms with Gasteiger partial charge in [-0.25, -0.2) is 0 Å². The zero-order chi connectivity index (χ0) is 11.5. The van der Waals surface area contributed by atoms with Crippen LogP contribution in [0.5, 0.6) is 0 Å². The molecule has 0 spiro atoms. The Morgan fingerprint density at radius 3 is 2.53 bits per heavy atom. The van der Waals surface area contributed by atoms with Crippen LogP contribution in [0, 0.1) is 0 Å². The standard InChI is InChI=1S/C11H14F3N/c1-8(7-15-2)9-4-3-5-10(6-9)11(12,13)14/h3-6,8,15H,7H2,1-2H3. The highest BCUT2D eigenvalue weighted by molar-refractivity contribution is 5.28. The predicted octanol–water partition coefficient (Wildman–Crippen LogP) is 3.03. The van der Waals surface area contributed by atoms with E-state index in [0.29, 0.717) is 12.1 Å². The first-order valence-corrected chi connectivity index (χ1v) is 4.77. The van der Waals surface area contributed by atoms with Crippen LogP contribution in [0.15, 0.2) is 24.3 Å². The van der Waals surface area contributed by atoms with E-state index < -0.39 is 11.7 Å². The fraction of sp³-hybridized carbons (Fsp3) is 0.455. The summed E-state index contributed by atoms with van der Waals surface area (Å²) in [4.78, 5) is 0. The first-order chi connectivity index (χ1) is 6.95. The summed E-state index contributed by atoms with van der Waals surface area (Å²) in [5.74, 6) is 0.0808. The maximum Gasteiger partial charge on any atom is 0.416 e. The first kappa shape index (κ1) is 12.0.